The van der Waals surface area contributed by atoms with Gasteiger partial charge in [0.25, 0.3) is 0 Å². The average molecular weight is 307 g/mol. The maximum Gasteiger partial charge on any atom is 0.211 e. The minimum Gasteiger partial charge on any atom is -0.346 e. The molecule has 114 valence electrons. The van der Waals surface area contributed by atoms with E-state index in [1.165, 1.54) is 5.56 Å². The van der Waals surface area contributed by atoms with Gasteiger partial charge in [0.15, 0.2) is 0 Å². The van der Waals surface area contributed by atoms with Crippen molar-refractivity contribution >= 4 is 10.0 Å². The molecule has 0 saturated carbocycles. The van der Waals surface area contributed by atoms with Gasteiger partial charge in [-0.3, -0.25) is 0 Å². The zero-order valence-corrected chi connectivity index (χ0v) is 13.0. The second kappa shape index (κ2) is 7.38. The number of rotatable bonds is 8. The SMILES string of the molecule is Cc1ncc(CCNS(=O)(=O)CCCc2ccccc2)[nH]1. The summed E-state index contributed by atoms with van der Waals surface area (Å²) in [7, 11) is -3.20. The van der Waals surface area contributed by atoms with Crippen molar-refractivity contribution < 1.29 is 8.42 Å². The van der Waals surface area contributed by atoms with Crippen LogP contribution in [0.3, 0.4) is 0 Å². The third-order valence-corrected chi connectivity index (χ3v) is 4.66. The number of H-pyrrole nitrogens is 1. The maximum absolute atomic E-state index is 11.9. The van der Waals surface area contributed by atoms with Crippen molar-refractivity contribution in [1.82, 2.24) is 14.7 Å². The van der Waals surface area contributed by atoms with Crippen LogP contribution in [0.25, 0.3) is 0 Å². The Morgan fingerprint density at radius 3 is 2.62 bits per heavy atom. The monoisotopic (exact) mass is 307 g/mol. The lowest BCUT2D eigenvalue weighted by molar-refractivity contribution is 0.578. The third-order valence-electron chi connectivity index (χ3n) is 3.19. The molecule has 0 aliphatic carbocycles. The largest absolute Gasteiger partial charge is 0.346 e. The van der Waals surface area contributed by atoms with Crippen LogP contribution in [0.4, 0.5) is 0 Å². The van der Waals surface area contributed by atoms with E-state index in [-0.39, 0.29) is 5.75 Å². The van der Waals surface area contributed by atoms with E-state index in [2.05, 4.69) is 14.7 Å². The van der Waals surface area contributed by atoms with Gasteiger partial charge in [-0.05, 0) is 25.3 Å². The van der Waals surface area contributed by atoms with E-state index < -0.39 is 10.0 Å². The lowest BCUT2D eigenvalue weighted by Gasteiger charge is -2.06. The first-order valence-corrected chi connectivity index (χ1v) is 8.72. The topological polar surface area (TPSA) is 74.8 Å². The van der Waals surface area contributed by atoms with E-state index in [4.69, 9.17) is 0 Å². The molecule has 5 nitrogen and oxygen atoms in total. The first-order chi connectivity index (χ1) is 10.1. The van der Waals surface area contributed by atoms with Crippen LogP contribution in [0.1, 0.15) is 23.5 Å². The van der Waals surface area contributed by atoms with E-state index >= 15 is 0 Å². The summed E-state index contributed by atoms with van der Waals surface area (Å²) < 4.78 is 26.4. The number of hydrogen-bond acceptors (Lipinski definition) is 3. The summed E-state index contributed by atoms with van der Waals surface area (Å²) in [6.45, 7) is 2.27. The molecule has 1 aromatic carbocycles. The van der Waals surface area contributed by atoms with E-state index in [0.717, 1.165) is 17.9 Å². The summed E-state index contributed by atoms with van der Waals surface area (Å²) in [5.41, 5.74) is 2.11. The molecule has 0 fully saturated rings. The number of aromatic amines is 1. The van der Waals surface area contributed by atoms with Gasteiger partial charge in [-0.15, -0.1) is 0 Å². The van der Waals surface area contributed by atoms with E-state index in [0.29, 0.717) is 19.4 Å². The van der Waals surface area contributed by atoms with Crippen LogP contribution in [0.2, 0.25) is 0 Å². The number of hydrogen-bond donors (Lipinski definition) is 2. The van der Waals surface area contributed by atoms with Gasteiger partial charge in [0, 0.05) is 24.9 Å². The highest BCUT2D eigenvalue weighted by Gasteiger charge is 2.09. The highest BCUT2D eigenvalue weighted by Crippen LogP contribution is 2.04. The van der Waals surface area contributed by atoms with Crippen molar-refractivity contribution in [3.05, 3.63) is 53.6 Å². The summed E-state index contributed by atoms with van der Waals surface area (Å²) in [6, 6.07) is 9.92. The molecular weight excluding hydrogens is 286 g/mol. The molecule has 1 heterocycles. The number of imidazole rings is 1. The molecule has 0 spiro atoms. The van der Waals surface area contributed by atoms with Gasteiger partial charge in [0.05, 0.1) is 5.75 Å². The Morgan fingerprint density at radius 1 is 1.19 bits per heavy atom. The molecule has 0 atom stereocenters. The molecule has 6 heteroatoms. The minimum absolute atomic E-state index is 0.157. The summed E-state index contributed by atoms with van der Waals surface area (Å²) in [6.07, 6.45) is 3.77. The van der Waals surface area contributed by atoms with Crippen molar-refractivity contribution in [3.63, 3.8) is 0 Å². The Bertz CT molecular complexity index is 651. The van der Waals surface area contributed by atoms with Gasteiger partial charge >= 0.3 is 0 Å². The molecule has 2 rings (SSSR count). The van der Waals surface area contributed by atoms with Gasteiger partial charge in [-0.2, -0.15) is 0 Å². The lowest BCUT2D eigenvalue weighted by Crippen LogP contribution is -2.28. The predicted octanol–water partition coefficient (Wildman–Crippen LogP) is 1.81. The van der Waals surface area contributed by atoms with Gasteiger partial charge in [-0.1, -0.05) is 30.3 Å². The molecule has 0 bridgehead atoms. The summed E-state index contributed by atoms with van der Waals surface area (Å²) in [4.78, 5) is 7.16. The van der Waals surface area contributed by atoms with Crippen molar-refractivity contribution in [2.45, 2.75) is 26.2 Å². The molecular formula is C15H21N3O2S. The van der Waals surface area contributed by atoms with Crippen LogP contribution >= 0.6 is 0 Å². The summed E-state index contributed by atoms with van der Waals surface area (Å²) in [5.74, 6) is 1.000. The third kappa shape index (κ3) is 5.69. The molecule has 1 aromatic heterocycles. The number of nitrogens with zero attached hydrogens (tertiary/aromatic N) is 1. The molecule has 0 radical (unpaired) electrons. The summed E-state index contributed by atoms with van der Waals surface area (Å²) >= 11 is 0. The molecule has 0 aliphatic heterocycles. The molecule has 2 N–H and O–H groups in total. The molecule has 21 heavy (non-hydrogen) atoms. The van der Waals surface area contributed by atoms with Crippen molar-refractivity contribution in [1.29, 1.82) is 0 Å². The quantitative estimate of drug-likeness (QED) is 0.781. The second-order valence-corrected chi connectivity index (χ2v) is 6.97. The van der Waals surface area contributed by atoms with Crippen LogP contribution in [-0.2, 0) is 22.9 Å². The van der Waals surface area contributed by atoms with Gasteiger partial charge < -0.3 is 4.98 Å². The Labute approximate surface area is 125 Å². The second-order valence-electron chi connectivity index (χ2n) is 5.05. The van der Waals surface area contributed by atoms with Gasteiger partial charge in [0.2, 0.25) is 10.0 Å². The highest BCUT2D eigenvalue weighted by molar-refractivity contribution is 7.89. The number of sulfonamides is 1. The molecule has 0 saturated heterocycles. The van der Waals surface area contributed by atoms with Crippen molar-refractivity contribution in [2.24, 2.45) is 0 Å². The Kier molecular flexibility index (Phi) is 5.52. The van der Waals surface area contributed by atoms with Crippen LogP contribution in [0.5, 0.6) is 0 Å². The fraction of sp³-hybridized carbons (Fsp3) is 0.400. The minimum atomic E-state index is -3.20. The van der Waals surface area contributed by atoms with E-state index in [1.807, 2.05) is 37.3 Å². The normalized spacial score (nSPS) is 11.7. The number of aryl methyl sites for hydroxylation is 2. The smallest absolute Gasteiger partial charge is 0.211 e. The zero-order valence-electron chi connectivity index (χ0n) is 12.2. The summed E-state index contributed by atoms with van der Waals surface area (Å²) in [5, 5.41) is 0. The molecule has 0 unspecified atom stereocenters. The molecule has 2 aromatic rings. The molecule has 0 aliphatic rings. The Morgan fingerprint density at radius 2 is 1.95 bits per heavy atom. The van der Waals surface area contributed by atoms with E-state index in [1.54, 1.807) is 6.20 Å². The maximum atomic E-state index is 11.9. The average Bonchev–Trinajstić information content (AvgIpc) is 2.85. The van der Waals surface area contributed by atoms with Crippen molar-refractivity contribution in [3.8, 4) is 0 Å². The highest BCUT2D eigenvalue weighted by atomic mass is 32.2. The lowest BCUT2D eigenvalue weighted by atomic mass is 10.1. The molecule has 0 amide bonds. The van der Waals surface area contributed by atoms with Crippen LogP contribution in [-0.4, -0.2) is 30.7 Å². The number of benzene rings is 1. The standard InChI is InChI=1S/C15H21N3O2S/c1-13-16-12-15(18-13)9-10-17-21(19,20)11-5-8-14-6-3-2-4-7-14/h2-4,6-7,12,17H,5,8-11H2,1H3,(H,16,18). The van der Waals surface area contributed by atoms with Crippen LogP contribution in [0, 0.1) is 6.92 Å². The van der Waals surface area contributed by atoms with E-state index in [9.17, 15) is 8.42 Å². The fourth-order valence-corrected chi connectivity index (χ4v) is 3.20. The zero-order chi connectivity index (χ0) is 15.1. The first kappa shape index (κ1) is 15.7. The fourth-order valence-electron chi connectivity index (χ4n) is 2.12. The first-order valence-electron chi connectivity index (χ1n) is 7.07. The Balaban J connectivity index is 1.69. The van der Waals surface area contributed by atoms with Crippen LogP contribution < -0.4 is 4.72 Å². The predicted molar refractivity (Wildman–Crippen MR) is 83.6 cm³/mol. The number of aromatic nitrogens is 2. The van der Waals surface area contributed by atoms with Crippen LogP contribution in [0.15, 0.2) is 36.5 Å². The van der Waals surface area contributed by atoms with Gasteiger partial charge in [0.1, 0.15) is 5.82 Å². The van der Waals surface area contributed by atoms with Crippen molar-refractivity contribution in [2.75, 3.05) is 12.3 Å². The number of nitrogens with one attached hydrogen (secondary N) is 2. The Hall–Kier alpha value is -1.66. The van der Waals surface area contributed by atoms with Gasteiger partial charge in [-0.25, -0.2) is 18.1 Å².